The Labute approximate surface area is 83.4 Å². The molecule has 1 N–H and O–H groups in total. The van der Waals surface area contributed by atoms with Crippen LogP contribution in [0.5, 0.6) is 0 Å². The van der Waals surface area contributed by atoms with Crippen molar-refractivity contribution in [1.82, 2.24) is 10.4 Å². The second-order valence-electron chi connectivity index (χ2n) is 3.19. The first kappa shape index (κ1) is 11.0. The first-order chi connectivity index (χ1) is 6.74. The third-order valence-corrected chi connectivity index (χ3v) is 2.11. The Morgan fingerprint density at radius 2 is 2.43 bits per heavy atom. The summed E-state index contributed by atoms with van der Waals surface area (Å²) in [6, 6.07) is 0. The maximum Gasteiger partial charge on any atom is 0.245 e. The molecule has 0 unspecified atom stereocenters. The zero-order valence-electron chi connectivity index (χ0n) is 8.41. The molecule has 0 atom stereocenters. The van der Waals surface area contributed by atoms with Gasteiger partial charge in [0.25, 0.3) is 0 Å². The number of nitrogens with zero attached hydrogens (tertiary/aromatic N) is 1. The average Bonchev–Trinajstić information content (AvgIpc) is 2.58. The lowest BCUT2D eigenvalue weighted by atomic mass is 10.4. The van der Waals surface area contributed by atoms with Gasteiger partial charge in [0.15, 0.2) is 0 Å². The van der Waals surface area contributed by atoms with Crippen LogP contribution < -0.4 is 5.48 Å². The van der Waals surface area contributed by atoms with Crippen LogP contribution in [0.15, 0.2) is 0 Å². The molecule has 1 rings (SSSR count). The van der Waals surface area contributed by atoms with Gasteiger partial charge in [-0.2, -0.15) is 0 Å². The van der Waals surface area contributed by atoms with Gasteiger partial charge >= 0.3 is 0 Å². The van der Waals surface area contributed by atoms with Crippen LogP contribution in [0.3, 0.4) is 0 Å². The van der Waals surface area contributed by atoms with Crippen molar-refractivity contribution in [3.63, 3.8) is 0 Å². The minimum Gasteiger partial charge on any atom is -0.342 e. The van der Waals surface area contributed by atoms with Crippen molar-refractivity contribution >= 4 is 11.8 Å². The second-order valence-corrected chi connectivity index (χ2v) is 3.19. The Kier molecular flexibility index (Phi) is 4.39. The van der Waals surface area contributed by atoms with Crippen molar-refractivity contribution in [2.75, 3.05) is 19.7 Å². The van der Waals surface area contributed by atoms with E-state index in [1.165, 1.54) is 0 Å². The van der Waals surface area contributed by atoms with Gasteiger partial charge in [0.1, 0.15) is 0 Å². The van der Waals surface area contributed by atoms with E-state index in [9.17, 15) is 9.59 Å². The largest absolute Gasteiger partial charge is 0.342 e. The van der Waals surface area contributed by atoms with E-state index in [1.54, 1.807) is 11.8 Å². The fraction of sp³-hybridized carbons (Fsp3) is 0.778. The van der Waals surface area contributed by atoms with E-state index in [-0.39, 0.29) is 11.8 Å². The van der Waals surface area contributed by atoms with Gasteiger partial charge in [-0.3, -0.25) is 14.4 Å². The molecule has 5 heteroatoms. The summed E-state index contributed by atoms with van der Waals surface area (Å²) in [6.07, 6.45) is 1.84. The van der Waals surface area contributed by atoms with E-state index < -0.39 is 0 Å². The molecule has 80 valence electrons. The second kappa shape index (κ2) is 5.59. The van der Waals surface area contributed by atoms with Gasteiger partial charge in [0.05, 0.1) is 6.61 Å². The van der Waals surface area contributed by atoms with Crippen LogP contribution in [0, 0.1) is 0 Å². The Hall–Kier alpha value is -1.10. The predicted molar refractivity (Wildman–Crippen MR) is 50.2 cm³/mol. The minimum absolute atomic E-state index is 0.147. The molecule has 1 aliphatic heterocycles. The molecule has 1 aliphatic rings. The highest BCUT2D eigenvalue weighted by molar-refractivity contribution is 5.79. The van der Waals surface area contributed by atoms with Gasteiger partial charge < -0.3 is 4.90 Å². The van der Waals surface area contributed by atoms with Crippen LogP contribution >= 0.6 is 0 Å². The zero-order chi connectivity index (χ0) is 10.4. The molecule has 5 nitrogen and oxygen atoms in total. The topological polar surface area (TPSA) is 58.6 Å². The minimum atomic E-state index is -0.174. The van der Waals surface area contributed by atoms with Crippen molar-refractivity contribution in [1.29, 1.82) is 0 Å². The number of likely N-dealkylation sites (tertiary alicyclic amines) is 1. The number of nitrogens with one attached hydrogen (secondary N) is 1. The molecule has 0 aromatic carbocycles. The van der Waals surface area contributed by atoms with Crippen LogP contribution in [-0.4, -0.2) is 36.4 Å². The molecule has 1 fully saturated rings. The van der Waals surface area contributed by atoms with Crippen LogP contribution in [0.4, 0.5) is 0 Å². The summed E-state index contributed by atoms with van der Waals surface area (Å²) < 4.78 is 0. The third-order valence-electron chi connectivity index (χ3n) is 2.11. The molecule has 0 saturated carbocycles. The monoisotopic (exact) mass is 200 g/mol. The number of carbonyl (C=O) groups excluding carboxylic acids is 2. The normalized spacial score (nSPS) is 16.1. The highest BCUT2D eigenvalue weighted by Gasteiger charge is 2.20. The van der Waals surface area contributed by atoms with E-state index in [1.807, 2.05) is 0 Å². The number of rotatable bonds is 5. The molecule has 2 amide bonds. The molecule has 0 bridgehead atoms. The van der Waals surface area contributed by atoms with Gasteiger partial charge in [0.2, 0.25) is 11.8 Å². The van der Waals surface area contributed by atoms with E-state index in [0.717, 1.165) is 13.0 Å². The number of carbonyl (C=O) groups is 2. The molecule has 1 saturated heterocycles. The average molecular weight is 200 g/mol. The number of hydrogen-bond donors (Lipinski definition) is 1. The number of amides is 2. The lowest BCUT2D eigenvalue weighted by Crippen LogP contribution is -2.31. The van der Waals surface area contributed by atoms with Gasteiger partial charge in [-0.05, 0) is 13.3 Å². The molecule has 14 heavy (non-hydrogen) atoms. The number of hydroxylamine groups is 1. The summed E-state index contributed by atoms with van der Waals surface area (Å²) in [6.45, 7) is 3.52. The molecular weight excluding hydrogens is 184 g/mol. The summed E-state index contributed by atoms with van der Waals surface area (Å²) in [5.41, 5.74) is 2.29. The highest BCUT2D eigenvalue weighted by atomic mass is 16.6. The molecule has 0 aliphatic carbocycles. The fourth-order valence-corrected chi connectivity index (χ4v) is 1.38. The Morgan fingerprint density at radius 3 is 3.00 bits per heavy atom. The van der Waals surface area contributed by atoms with Crippen molar-refractivity contribution in [3.05, 3.63) is 0 Å². The molecule has 0 radical (unpaired) electrons. The van der Waals surface area contributed by atoms with Crippen molar-refractivity contribution in [2.24, 2.45) is 0 Å². The summed E-state index contributed by atoms with van der Waals surface area (Å²) in [4.78, 5) is 28.7. The maximum atomic E-state index is 11.2. The van der Waals surface area contributed by atoms with Gasteiger partial charge in [-0.15, -0.1) is 0 Å². The summed E-state index contributed by atoms with van der Waals surface area (Å²) >= 11 is 0. The first-order valence-corrected chi connectivity index (χ1v) is 4.92. The van der Waals surface area contributed by atoms with E-state index in [4.69, 9.17) is 4.84 Å². The van der Waals surface area contributed by atoms with Gasteiger partial charge in [-0.1, -0.05) is 0 Å². The lowest BCUT2D eigenvalue weighted by Gasteiger charge is -2.14. The fourth-order valence-electron chi connectivity index (χ4n) is 1.38. The maximum absolute atomic E-state index is 11.2. The highest BCUT2D eigenvalue weighted by Crippen LogP contribution is 2.09. The number of hydrogen-bond acceptors (Lipinski definition) is 3. The quantitative estimate of drug-likeness (QED) is 0.639. The molecule has 0 aromatic rings. The predicted octanol–water partition coefficient (Wildman–Crippen LogP) is 0.0666. The van der Waals surface area contributed by atoms with Gasteiger partial charge in [0, 0.05) is 25.9 Å². The molecule has 0 aromatic heterocycles. The van der Waals surface area contributed by atoms with E-state index in [2.05, 4.69) is 5.48 Å². The Balaban J connectivity index is 2.13. The van der Waals surface area contributed by atoms with Gasteiger partial charge in [-0.25, -0.2) is 5.48 Å². The van der Waals surface area contributed by atoms with Crippen LogP contribution in [0.1, 0.15) is 26.2 Å². The summed E-state index contributed by atoms with van der Waals surface area (Å²) in [5, 5.41) is 0. The molecule has 0 spiro atoms. The smallest absolute Gasteiger partial charge is 0.245 e. The Bertz CT molecular complexity index is 218. The summed E-state index contributed by atoms with van der Waals surface area (Å²) in [7, 11) is 0. The molecular formula is C9H16N2O3. The van der Waals surface area contributed by atoms with E-state index >= 15 is 0 Å². The van der Waals surface area contributed by atoms with Crippen molar-refractivity contribution in [2.45, 2.75) is 26.2 Å². The Morgan fingerprint density at radius 1 is 1.64 bits per heavy atom. The van der Waals surface area contributed by atoms with E-state index in [0.29, 0.717) is 26.0 Å². The standard InChI is InChI=1S/C9H16N2O3/c1-2-14-10-8(12)5-7-11-6-3-4-9(11)13/h2-7H2,1H3,(H,10,12). The SMILES string of the molecule is CCONC(=O)CCN1CCCC1=O. The molecule has 1 heterocycles. The first-order valence-electron chi connectivity index (χ1n) is 4.92. The van der Waals surface area contributed by atoms with Crippen molar-refractivity contribution < 1.29 is 14.4 Å². The summed E-state index contributed by atoms with van der Waals surface area (Å²) in [5.74, 6) is -0.0271. The zero-order valence-corrected chi connectivity index (χ0v) is 8.41. The third kappa shape index (κ3) is 3.33. The van der Waals surface area contributed by atoms with Crippen LogP contribution in [0.25, 0.3) is 0 Å². The van der Waals surface area contributed by atoms with Crippen LogP contribution in [0.2, 0.25) is 0 Å². The van der Waals surface area contributed by atoms with Crippen LogP contribution in [-0.2, 0) is 14.4 Å². The van der Waals surface area contributed by atoms with Crippen molar-refractivity contribution in [3.8, 4) is 0 Å². The lowest BCUT2D eigenvalue weighted by molar-refractivity contribution is -0.134.